The molecule has 0 aliphatic carbocycles. The third kappa shape index (κ3) is 7.64. The smallest absolute Gasteiger partial charge is 0.120 e. The van der Waals surface area contributed by atoms with E-state index in [4.69, 9.17) is 12.2 Å². The fraction of sp³-hybridized carbons (Fsp3) is 0.200. The number of hydrogen-bond acceptors (Lipinski definition) is 3. The van der Waals surface area contributed by atoms with Gasteiger partial charge in [0.15, 0.2) is 0 Å². The number of nitrogens with zero attached hydrogens (tertiary/aromatic N) is 2. The van der Waals surface area contributed by atoms with Crippen LogP contribution in [-0.4, -0.2) is 24.0 Å². The van der Waals surface area contributed by atoms with Gasteiger partial charge < -0.3 is 9.41 Å². The Morgan fingerprint density at radius 2 is 1.56 bits per heavy atom. The zero-order chi connectivity index (χ0) is 35.8. The minimum Gasteiger partial charge on any atom is -0.501 e. The maximum Gasteiger partial charge on any atom is 0.120 e. The van der Waals surface area contributed by atoms with Gasteiger partial charge in [0.25, 0.3) is 0 Å². The molecule has 0 spiro atoms. The van der Waals surface area contributed by atoms with Crippen molar-refractivity contribution in [2.75, 3.05) is 0 Å². The Bertz CT molecular complexity index is 2350. The number of pyridine rings is 1. The summed E-state index contributed by atoms with van der Waals surface area (Å²) in [6, 6.07) is 47.6. The second kappa shape index (κ2) is 15.4. The van der Waals surface area contributed by atoms with E-state index in [1.165, 1.54) is 11.1 Å². The van der Waals surface area contributed by atoms with Crippen molar-refractivity contribution < 1.29 is 27.3 Å². The largest absolute Gasteiger partial charge is 0.501 e. The minimum atomic E-state index is -2.20. The standard InChI is InChI=1S/C27H18NO.C18H24GeN.Ir/c1-2-9-18(10-3-1)17-23-19-11-4-6-15-24(19)28-26(23)22-14-8-13-21-20-12-5-7-16-25(20)29-27(21)22;1-14(2)11-16-12-18(15-9-7-6-8-10-15)20-13-17(16)19(3,4)5;/h1-13,15-16,23H,17H2;6-9,12-14H,11H2,1-5H3;/q2*-1;/i;11D2;. The van der Waals surface area contributed by atoms with Crippen molar-refractivity contribution in [2.45, 2.75) is 49.8 Å². The molecule has 3 nitrogen and oxygen atoms in total. The topological polar surface area (TPSA) is 38.4 Å². The zero-order valence-electron chi connectivity index (χ0n) is 31.1. The Morgan fingerprint density at radius 1 is 0.820 bits per heavy atom. The molecule has 0 N–H and O–H groups in total. The van der Waals surface area contributed by atoms with Crippen LogP contribution in [0.25, 0.3) is 33.2 Å². The normalized spacial score (nSPS) is 14.7. The molecule has 0 saturated carbocycles. The van der Waals surface area contributed by atoms with E-state index >= 15 is 0 Å². The molecule has 0 bridgehead atoms. The molecule has 1 radical (unpaired) electrons. The number of benzene rings is 5. The van der Waals surface area contributed by atoms with Crippen LogP contribution in [0.3, 0.4) is 0 Å². The van der Waals surface area contributed by atoms with E-state index in [-0.39, 0.29) is 31.9 Å². The van der Waals surface area contributed by atoms with Gasteiger partial charge in [0.05, 0.1) is 11.3 Å². The van der Waals surface area contributed by atoms with E-state index in [0.717, 1.165) is 66.5 Å². The second-order valence-electron chi connectivity index (χ2n) is 13.9. The molecule has 7 aromatic rings. The van der Waals surface area contributed by atoms with Crippen molar-refractivity contribution in [2.24, 2.45) is 10.9 Å². The van der Waals surface area contributed by atoms with Gasteiger partial charge in [0.1, 0.15) is 5.58 Å². The summed E-state index contributed by atoms with van der Waals surface area (Å²) in [5, 5.41) is 2.25. The fourth-order valence-corrected chi connectivity index (χ4v) is 9.54. The van der Waals surface area contributed by atoms with Gasteiger partial charge in [-0.3, -0.25) is 0 Å². The molecule has 1 aliphatic heterocycles. The van der Waals surface area contributed by atoms with Gasteiger partial charge in [-0.25, -0.2) is 0 Å². The Kier molecular flexibility index (Phi) is 10.2. The molecule has 0 saturated heterocycles. The summed E-state index contributed by atoms with van der Waals surface area (Å²) in [5.41, 5.74) is 9.94. The first-order chi connectivity index (χ1) is 24.5. The van der Waals surface area contributed by atoms with Crippen LogP contribution in [0, 0.1) is 18.1 Å². The van der Waals surface area contributed by atoms with Crippen molar-refractivity contribution in [1.29, 1.82) is 0 Å². The summed E-state index contributed by atoms with van der Waals surface area (Å²) in [4.78, 5) is 9.64. The molecule has 0 fully saturated rings. The monoisotopic (exact) mass is 895 g/mol. The first kappa shape index (κ1) is 33.1. The molecule has 50 heavy (non-hydrogen) atoms. The molecular formula is C45H42GeIrN2O-2. The summed E-state index contributed by atoms with van der Waals surface area (Å²) < 4.78 is 24.6. The summed E-state index contributed by atoms with van der Waals surface area (Å²) in [7, 11) is 0. The maximum absolute atomic E-state index is 8.56. The van der Waals surface area contributed by atoms with E-state index in [0.29, 0.717) is 0 Å². The molecule has 1 atom stereocenters. The number of furan rings is 1. The number of fused-ring (bicyclic) bond motifs is 4. The first-order valence-electron chi connectivity index (χ1n) is 18.0. The summed E-state index contributed by atoms with van der Waals surface area (Å²) >= 11 is -2.20. The Labute approximate surface area is 315 Å². The molecule has 8 rings (SSSR count). The van der Waals surface area contributed by atoms with Gasteiger partial charge in [0.2, 0.25) is 0 Å². The molecule has 0 amide bonds. The SMILES string of the molecule is [2H]C([2H])(c1cc(-c2[c-]cccc2)nc[c]1[Ge]([CH3])([CH3])[CH3])C(C)C.[Ir].[c-]1ccc2c(oc3ccccc32)c1C1=Nc2ccccc2C1Cc1ccccc1. The maximum atomic E-state index is 8.56. The van der Waals surface area contributed by atoms with E-state index in [2.05, 4.69) is 107 Å². The molecule has 2 aromatic heterocycles. The van der Waals surface area contributed by atoms with Gasteiger partial charge in [-0.2, -0.15) is 0 Å². The Balaban J connectivity index is 0.000000183. The number of hydrogen-bond donors (Lipinski definition) is 0. The van der Waals surface area contributed by atoms with E-state index in [9.17, 15) is 0 Å². The third-order valence-electron chi connectivity index (χ3n) is 8.90. The molecule has 5 heteroatoms. The van der Waals surface area contributed by atoms with Crippen LogP contribution < -0.4 is 4.40 Å². The van der Waals surface area contributed by atoms with Crippen molar-refractivity contribution in [1.82, 2.24) is 4.98 Å². The Morgan fingerprint density at radius 3 is 2.32 bits per heavy atom. The van der Waals surface area contributed by atoms with Crippen molar-refractivity contribution in [3.8, 4) is 11.3 Å². The van der Waals surface area contributed by atoms with Crippen LogP contribution in [0.4, 0.5) is 5.69 Å². The van der Waals surface area contributed by atoms with Gasteiger partial charge in [-0.15, -0.1) is 18.2 Å². The van der Waals surface area contributed by atoms with Gasteiger partial charge in [-0.1, -0.05) is 77.7 Å². The number of aliphatic imine (C=N–C) groups is 1. The predicted octanol–water partition coefficient (Wildman–Crippen LogP) is 11.1. The summed E-state index contributed by atoms with van der Waals surface area (Å²) in [5.74, 6) is 6.96. The fourth-order valence-electron chi connectivity index (χ4n) is 6.59. The van der Waals surface area contributed by atoms with E-state index in [1.807, 2.05) is 68.6 Å². The van der Waals surface area contributed by atoms with Crippen LogP contribution >= 0.6 is 0 Å². The predicted molar refractivity (Wildman–Crippen MR) is 208 cm³/mol. The van der Waals surface area contributed by atoms with E-state index < -0.39 is 19.6 Å². The number of rotatable bonds is 7. The molecule has 1 aliphatic rings. The molecule has 5 aromatic carbocycles. The summed E-state index contributed by atoms with van der Waals surface area (Å²) in [6.45, 7) is 3.88. The number of aromatic nitrogens is 1. The van der Waals surface area contributed by atoms with Crippen LogP contribution in [0.15, 0.2) is 137 Å². The second-order valence-corrected chi connectivity index (χ2v) is 24.5. The third-order valence-corrected chi connectivity index (χ3v) is 13.1. The quantitative estimate of drug-likeness (QED) is 0.118. The zero-order valence-corrected chi connectivity index (χ0v) is 33.6. The molecule has 3 heterocycles. The molecule has 1 unspecified atom stereocenters. The minimum absolute atomic E-state index is 0. The van der Waals surface area contributed by atoms with Gasteiger partial charge >= 0.3 is 128 Å². The molecule has 253 valence electrons. The number of para-hydroxylation sites is 2. The first-order valence-corrected chi connectivity index (χ1v) is 24.4. The van der Waals surface area contributed by atoms with Crippen molar-refractivity contribution in [3.63, 3.8) is 0 Å². The van der Waals surface area contributed by atoms with Crippen LogP contribution in [0.5, 0.6) is 0 Å². The average molecular weight is 894 g/mol. The van der Waals surface area contributed by atoms with Crippen LogP contribution in [-0.2, 0) is 32.9 Å². The molecular weight excluding hydrogens is 849 g/mol. The van der Waals surface area contributed by atoms with Crippen molar-refractivity contribution >= 4 is 51.0 Å². The van der Waals surface area contributed by atoms with Crippen molar-refractivity contribution in [3.05, 3.63) is 162 Å². The van der Waals surface area contributed by atoms with Gasteiger partial charge in [-0.05, 0) is 41.3 Å². The summed E-state index contributed by atoms with van der Waals surface area (Å²) in [6.07, 6.45) is 1.47. The average Bonchev–Trinajstić information content (AvgIpc) is 3.70. The Hall–Kier alpha value is -4.09. The van der Waals surface area contributed by atoms with Crippen LogP contribution in [0.1, 0.15) is 44.8 Å². The van der Waals surface area contributed by atoms with Gasteiger partial charge in [0, 0.05) is 25.5 Å². The van der Waals surface area contributed by atoms with E-state index in [1.54, 1.807) is 0 Å². The van der Waals surface area contributed by atoms with Crippen LogP contribution in [0.2, 0.25) is 17.3 Å².